The number of aryl methyl sites for hydroxylation is 1. The zero-order valence-corrected chi connectivity index (χ0v) is 22.1. The number of aliphatic carboxylic acids is 1. The molecule has 3 N–H and O–H groups in total. The Kier molecular flexibility index (Phi) is 7.66. The highest BCUT2D eigenvalue weighted by molar-refractivity contribution is 6.74. The highest BCUT2D eigenvalue weighted by Crippen LogP contribution is 2.39. The summed E-state index contributed by atoms with van der Waals surface area (Å²) in [4.78, 5) is 37.8. The Hall–Kier alpha value is -2.85. The van der Waals surface area contributed by atoms with Crippen LogP contribution in [-0.4, -0.2) is 83.4 Å². The number of piperazine rings is 1. The van der Waals surface area contributed by atoms with Gasteiger partial charge in [-0.3, -0.25) is 4.90 Å². The fourth-order valence-electron chi connectivity index (χ4n) is 4.59. The number of rotatable bonds is 7. The smallest absolute Gasteiger partial charge is 0.408 e. The second-order valence-electron chi connectivity index (χ2n) is 10.9. The van der Waals surface area contributed by atoms with E-state index in [4.69, 9.17) is 4.43 Å². The van der Waals surface area contributed by atoms with Crippen LogP contribution in [0.3, 0.4) is 0 Å². The standard InChI is InChI=1S/C25H36N2O7Si/c1-25(2,3)35(4,5)34-12-6-7-16-8-10-17(11-9-16)19-13-18-14-26(23(30)31)15-20(21(19)22(28)29)27(18)24(32)33/h8-11,18,20H,6-7,12-15H2,1-5H3,(H,28,29)(H,30,31)(H,32,33)/t18-,20-/m1/s1. The van der Waals surface area contributed by atoms with E-state index in [1.54, 1.807) is 0 Å². The summed E-state index contributed by atoms with van der Waals surface area (Å²) >= 11 is 0. The third-order valence-electron chi connectivity index (χ3n) is 7.55. The predicted octanol–water partition coefficient (Wildman–Crippen LogP) is 4.59. The van der Waals surface area contributed by atoms with Gasteiger partial charge in [-0.15, -0.1) is 0 Å². The van der Waals surface area contributed by atoms with Crippen molar-refractivity contribution in [2.75, 3.05) is 19.7 Å². The van der Waals surface area contributed by atoms with E-state index in [9.17, 15) is 29.7 Å². The molecule has 0 unspecified atom stereocenters. The van der Waals surface area contributed by atoms with Crippen molar-refractivity contribution in [3.8, 4) is 0 Å². The van der Waals surface area contributed by atoms with Crippen molar-refractivity contribution >= 4 is 32.0 Å². The van der Waals surface area contributed by atoms with E-state index in [-0.39, 0.29) is 30.1 Å². The number of hydrogen-bond donors (Lipinski definition) is 3. The molecular weight excluding hydrogens is 468 g/mol. The van der Waals surface area contributed by atoms with Gasteiger partial charge in [0, 0.05) is 19.7 Å². The van der Waals surface area contributed by atoms with E-state index < -0.39 is 38.6 Å². The molecule has 1 saturated heterocycles. The Bertz CT molecular complexity index is 1010. The van der Waals surface area contributed by atoms with Gasteiger partial charge in [-0.05, 0) is 54.1 Å². The van der Waals surface area contributed by atoms with Gasteiger partial charge in [0.1, 0.15) is 0 Å². The van der Waals surface area contributed by atoms with Gasteiger partial charge in [0.2, 0.25) is 0 Å². The summed E-state index contributed by atoms with van der Waals surface area (Å²) in [7, 11) is -1.78. The first-order valence-corrected chi connectivity index (χ1v) is 14.8. The van der Waals surface area contributed by atoms with E-state index in [2.05, 4.69) is 33.9 Å². The van der Waals surface area contributed by atoms with Crippen molar-refractivity contribution < 1.29 is 34.1 Å². The quantitative estimate of drug-likeness (QED) is 0.366. The van der Waals surface area contributed by atoms with Crippen LogP contribution in [0.1, 0.15) is 44.7 Å². The summed E-state index contributed by atoms with van der Waals surface area (Å²) in [6.07, 6.45) is -0.546. The van der Waals surface area contributed by atoms with Gasteiger partial charge in [-0.25, -0.2) is 14.4 Å². The van der Waals surface area contributed by atoms with E-state index in [0.29, 0.717) is 12.2 Å². The van der Waals surface area contributed by atoms with Crippen LogP contribution >= 0.6 is 0 Å². The molecule has 2 bridgehead atoms. The van der Waals surface area contributed by atoms with Gasteiger partial charge >= 0.3 is 18.2 Å². The monoisotopic (exact) mass is 504 g/mol. The van der Waals surface area contributed by atoms with Gasteiger partial charge in [-0.1, -0.05) is 45.0 Å². The molecule has 2 atom stereocenters. The number of carboxylic acid groups (broad SMARTS) is 3. The molecule has 1 fully saturated rings. The number of carboxylic acids is 1. The molecule has 0 saturated carbocycles. The highest BCUT2D eigenvalue weighted by Gasteiger charge is 2.47. The number of benzene rings is 1. The Labute approximate surface area is 207 Å². The molecule has 3 rings (SSSR count). The first-order chi connectivity index (χ1) is 16.2. The molecular formula is C25H36N2O7Si. The maximum atomic E-state index is 12.2. The second kappa shape index (κ2) is 10.0. The van der Waals surface area contributed by atoms with E-state index in [1.807, 2.05) is 24.3 Å². The molecule has 2 aliphatic heterocycles. The summed E-state index contributed by atoms with van der Waals surface area (Å²) in [5.41, 5.74) is 2.37. The minimum atomic E-state index is -1.78. The van der Waals surface area contributed by atoms with Gasteiger partial charge in [0.25, 0.3) is 0 Å². The maximum Gasteiger partial charge on any atom is 0.408 e. The third kappa shape index (κ3) is 5.70. The molecule has 1 aromatic rings. The second-order valence-corrected chi connectivity index (χ2v) is 15.7. The normalized spacial score (nSPS) is 20.7. The molecule has 35 heavy (non-hydrogen) atoms. The molecule has 0 radical (unpaired) electrons. The van der Waals surface area contributed by atoms with Crippen molar-refractivity contribution in [3.63, 3.8) is 0 Å². The van der Waals surface area contributed by atoms with E-state index in [1.165, 1.54) is 0 Å². The van der Waals surface area contributed by atoms with Gasteiger partial charge in [-0.2, -0.15) is 0 Å². The van der Waals surface area contributed by atoms with Crippen LogP contribution in [0, 0.1) is 0 Å². The maximum absolute atomic E-state index is 12.2. The average molecular weight is 505 g/mol. The van der Waals surface area contributed by atoms with Crippen LogP contribution in [0.25, 0.3) is 5.57 Å². The van der Waals surface area contributed by atoms with Crippen LogP contribution < -0.4 is 0 Å². The average Bonchev–Trinajstić information content (AvgIpc) is 2.74. The highest BCUT2D eigenvalue weighted by atomic mass is 28.4. The summed E-state index contributed by atoms with van der Waals surface area (Å²) in [5, 5.41) is 29.3. The van der Waals surface area contributed by atoms with Gasteiger partial charge < -0.3 is 24.6 Å². The lowest BCUT2D eigenvalue weighted by Crippen LogP contribution is -2.64. The lowest BCUT2D eigenvalue weighted by Gasteiger charge is -2.48. The molecule has 2 aliphatic rings. The Morgan fingerprint density at radius 2 is 1.66 bits per heavy atom. The molecule has 2 amide bonds. The predicted molar refractivity (Wildman–Crippen MR) is 134 cm³/mol. The number of hydrogen-bond acceptors (Lipinski definition) is 4. The topological polar surface area (TPSA) is 128 Å². The number of amides is 2. The summed E-state index contributed by atoms with van der Waals surface area (Å²) in [6.45, 7) is 11.6. The van der Waals surface area contributed by atoms with Crippen LogP contribution in [0.15, 0.2) is 29.8 Å². The number of fused-ring (bicyclic) bond motifs is 2. The van der Waals surface area contributed by atoms with Crippen molar-refractivity contribution in [2.24, 2.45) is 0 Å². The SMILES string of the molecule is CC(C)(C)[Si](C)(C)OCCCc1ccc(C2=C(C(=O)O)[C@H]3CN(C(=O)O)C[C@@H](C2)N3C(=O)O)cc1. The number of nitrogens with zero attached hydrogens (tertiary/aromatic N) is 2. The lowest BCUT2D eigenvalue weighted by molar-refractivity contribution is -0.133. The fraction of sp³-hybridized carbons (Fsp3) is 0.560. The van der Waals surface area contributed by atoms with Crippen molar-refractivity contribution in [2.45, 2.75) is 70.2 Å². The zero-order valence-electron chi connectivity index (χ0n) is 21.1. The van der Waals surface area contributed by atoms with E-state index >= 15 is 0 Å². The van der Waals surface area contributed by atoms with Crippen LogP contribution in [-0.2, 0) is 15.6 Å². The molecule has 192 valence electrons. The first-order valence-electron chi connectivity index (χ1n) is 11.9. The van der Waals surface area contributed by atoms with E-state index in [0.717, 1.165) is 33.8 Å². The Balaban J connectivity index is 1.78. The lowest BCUT2D eigenvalue weighted by atomic mass is 9.82. The van der Waals surface area contributed by atoms with Gasteiger partial charge in [0.05, 0.1) is 17.7 Å². The summed E-state index contributed by atoms with van der Waals surface area (Å²) in [6, 6.07) is 6.02. The molecule has 0 spiro atoms. The Morgan fingerprint density at radius 3 is 2.17 bits per heavy atom. The van der Waals surface area contributed by atoms with Crippen LogP contribution in [0.5, 0.6) is 0 Å². The van der Waals surface area contributed by atoms with Crippen LogP contribution in [0.4, 0.5) is 9.59 Å². The third-order valence-corrected chi connectivity index (χ3v) is 12.1. The molecule has 0 aliphatic carbocycles. The van der Waals surface area contributed by atoms with Crippen LogP contribution in [0.2, 0.25) is 18.1 Å². The molecule has 0 aromatic heterocycles. The summed E-state index contributed by atoms with van der Waals surface area (Å²) in [5.74, 6) is -1.23. The number of carbonyl (C=O) groups is 3. The molecule has 9 nitrogen and oxygen atoms in total. The summed E-state index contributed by atoms with van der Waals surface area (Å²) < 4.78 is 6.24. The van der Waals surface area contributed by atoms with Crippen molar-refractivity contribution in [3.05, 3.63) is 41.0 Å². The fourth-order valence-corrected chi connectivity index (χ4v) is 5.68. The van der Waals surface area contributed by atoms with Crippen molar-refractivity contribution in [1.82, 2.24) is 9.80 Å². The largest absolute Gasteiger partial charge is 0.478 e. The zero-order chi connectivity index (χ0) is 26.1. The van der Waals surface area contributed by atoms with Crippen molar-refractivity contribution in [1.29, 1.82) is 0 Å². The molecule has 10 heteroatoms. The minimum Gasteiger partial charge on any atom is -0.478 e. The first kappa shape index (κ1) is 26.7. The minimum absolute atomic E-state index is 0.0147. The molecule has 2 heterocycles. The van der Waals surface area contributed by atoms with Gasteiger partial charge in [0.15, 0.2) is 8.32 Å². The Morgan fingerprint density at radius 1 is 1.03 bits per heavy atom. The molecule has 1 aromatic carbocycles.